The molecule has 2 aromatic rings. The summed E-state index contributed by atoms with van der Waals surface area (Å²) in [7, 11) is 3.86. The summed E-state index contributed by atoms with van der Waals surface area (Å²) >= 11 is 0. The van der Waals surface area contributed by atoms with E-state index in [2.05, 4.69) is 35.4 Å². The Morgan fingerprint density at radius 1 is 1.25 bits per heavy atom. The van der Waals surface area contributed by atoms with Gasteiger partial charge >= 0.3 is 0 Å². The first-order chi connectivity index (χ1) is 11.5. The maximum atomic E-state index is 13.1. The Hall–Kier alpha value is -2.10. The zero-order chi connectivity index (χ0) is 17.3. The van der Waals surface area contributed by atoms with Gasteiger partial charge in [0.05, 0.1) is 11.3 Å². The fraction of sp³-hybridized carbons (Fsp3) is 0.500. The average molecular weight is 325 g/mol. The van der Waals surface area contributed by atoms with E-state index < -0.39 is 0 Å². The van der Waals surface area contributed by atoms with Crippen molar-refractivity contribution in [2.24, 2.45) is 13.0 Å². The van der Waals surface area contributed by atoms with Gasteiger partial charge in [0.1, 0.15) is 0 Å². The van der Waals surface area contributed by atoms with Crippen LogP contribution in [-0.2, 0) is 13.5 Å². The number of aryl methyl sites for hydroxylation is 2. The first kappa shape index (κ1) is 16.7. The van der Waals surface area contributed by atoms with Crippen LogP contribution < -0.4 is 0 Å². The first-order valence-electron chi connectivity index (χ1n) is 8.80. The molecule has 0 N–H and O–H groups in total. The van der Waals surface area contributed by atoms with Crippen molar-refractivity contribution in [3.05, 3.63) is 52.8 Å². The van der Waals surface area contributed by atoms with E-state index in [4.69, 9.17) is 0 Å². The molecular weight excluding hydrogens is 298 g/mol. The molecule has 4 heteroatoms. The van der Waals surface area contributed by atoms with Gasteiger partial charge in [0.15, 0.2) is 0 Å². The van der Waals surface area contributed by atoms with E-state index >= 15 is 0 Å². The highest BCUT2D eigenvalue weighted by molar-refractivity contribution is 5.96. The molecule has 4 nitrogen and oxygen atoms in total. The molecule has 24 heavy (non-hydrogen) atoms. The van der Waals surface area contributed by atoms with Crippen molar-refractivity contribution in [2.45, 2.75) is 45.6 Å². The Bertz CT molecular complexity index is 720. The number of aromatic nitrogens is 2. The zero-order valence-electron chi connectivity index (χ0n) is 15.1. The van der Waals surface area contributed by atoms with Crippen LogP contribution in [-0.4, -0.2) is 33.7 Å². The number of rotatable bonds is 4. The van der Waals surface area contributed by atoms with Gasteiger partial charge in [0.25, 0.3) is 5.91 Å². The SMILES string of the molecule is Cc1nn(C)c(C)c1C(=O)N(C)[C@H]1CCC[C@H]1Cc1ccccc1. The lowest BCUT2D eigenvalue weighted by atomic mass is 9.93. The maximum absolute atomic E-state index is 13.1. The van der Waals surface area contributed by atoms with Crippen LogP contribution in [0, 0.1) is 19.8 Å². The summed E-state index contributed by atoms with van der Waals surface area (Å²) in [5.74, 6) is 0.654. The minimum absolute atomic E-state index is 0.114. The highest BCUT2D eigenvalue weighted by Gasteiger charge is 2.34. The number of nitrogens with zero attached hydrogens (tertiary/aromatic N) is 3. The maximum Gasteiger partial charge on any atom is 0.257 e. The third-order valence-electron chi connectivity index (χ3n) is 5.50. The third-order valence-corrected chi connectivity index (χ3v) is 5.50. The molecule has 1 aliphatic rings. The lowest BCUT2D eigenvalue weighted by Crippen LogP contribution is -2.40. The monoisotopic (exact) mass is 325 g/mol. The lowest BCUT2D eigenvalue weighted by molar-refractivity contribution is 0.0694. The number of carbonyl (C=O) groups is 1. The Labute approximate surface area is 144 Å². The second-order valence-electron chi connectivity index (χ2n) is 7.03. The van der Waals surface area contributed by atoms with Gasteiger partial charge in [-0.05, 0) is 44.6 Å². The summed E-state index contributed by atoms with van der Waals surface area (Å²) in [5.41, 5.74) is 3.90. The van der Waals surface area contributed by atoms with E-state index in [-0.39, 0.29) is 5.91 Å². The van der Waals surface area contributed by atoms with Crippen LogP contribution in [0.25, 0.3) is 0 Å². The molecule has 3 rings (SSSR count). The van der Waals surface area contributed by atoms with Crippen LogP contribution in [0.2, 0.25) is 0 Å². The quantitative estimate of drug-likeness (QED) is 0.862. The topological polar surface area (TPSA) is 38.1 Å². The van der Waals surface area contributed by atoms with E-state index in [0.717, 1.165) is 29.8 Å². The highest BCUT2D eigenvalue weighted by atomic mass is 16.2. The Morgan fingerprint density at radius 3 is 2.58 bits per heavy atom. The molecular formula is C20H27N3O. The number of hydrogen-bond acceptors (Lipinski definition) is 2. The van der Waals surface area contributed by atoms with Crippen molar-refractivity contribution < 1.29 is 4.79 Å². The normalized spacial score (nSPS) is 20.3. The van der Waals surface area contributed by atoms with Crippen molar-refractivity contribution >= 4 is 5.91 Å². The number of hydrogen-bond donors (Lipinski definition) is 0. The molecule has 2 atom stereocenters. The highest BCUT2D eigenvalue weighted by Crippen LogP contribution is 2.33. The van der Waals surface area contributed by atoms with Gasteiger partial charge in [-0.2, -0.15) is 5.10 Å². The smallest absolute Gasteiger partial charge is 0.257 e. The average Bonchev–Trinajstić information content (AvgIpc) is 3.12. The Kier molecular flexibility index (Phi) is 4.74. The molecule has 0 radical (unpaired) electrons. The van der Waals surface area contributed by atoms with Gasteiger partial charge in [-0.25, -0.2) is 0 Å². The molecule has 0 saturated heterocycles. The van der Waals surface area contributed by atoms with E-state index in [9.17, 15) is 4.79 Å². The van der Waals surface area contributed by atoms with Crippen molar-refractivity contribution in [3.63, 3.8) is 0 Å². The summed E-state index contributed by atoms with van der Waals surface area (Å²) in [6, 6.07) is 10.9. The largest absolute Gasteiger partial charge is 0.338 e. The third kappa shape index (κ3) is 3.10. The van der Waals surface area contributed by atoms with E-state index in [1.807, 2.05) is 32.8 Å². The van der Waals surface area contributed by atoms with Gasteiger partial charge in [-0.3, -0.25) is 9.48 Å². The number of amides is 1. The first-order valence-corrected chi connectivity index (χ1v) is 8.80. The van der Waals surface area contributed by atoms with Crippen molar-refractivity contribution in [1.29, 1.82) is 0 Å². The van der Waals surface area contributed by atoms with E-state index in [1.165, 1.54) is 18.4 Å². The second kappa shape index (κ2) is 6.80. The van der Waals surface area contributed by atoms with Crippen LogP contribution in [0.4, 0.5) is 0 Å². The van der Waals surface area contributed by atoms with Gasteiger partial charge in [-0.1, -0.05) is 36.8 Å². The minimum Gasteiger partial charge on any atom is -0.338 e. The number of benzene rings is 1. The number of carbonyl (C=O) groups excluding carboxylic acids is 1. The van der Waals surface area contributed by atoms with Gasteiger partial charge in [0, 0.05) is 25.8 Å². The molecule has 0 spiro atoms. The van der Waals surface area contributed by atoms with Crippen molar-refractivity contribution in [1.82, 2.24) is 14.7 Å². The molecule has 1 fully saturated rings. The predicted octanol–water partition coefficient (Wildman–Crippen LogP) is 3.52. The predicted molar refractivity (Wildman–Crippen MR) is 96.1 cm³/mol. The molecule has 1 heterocycles. The van der Waals surface area contributed by atoms with Crippen LogP contribution in [0.1, 0.15) is 46.6 Å². The summed E-state index contributed by atoms with van der Waals surface area (Å²) in [4.78, 5) is 15.0. The van der Waals surface area contributed by atoms with E-state index in [0.29, 0.717) is 12.0 Å². The van der Waals surface area contributed by atoms with Crippen molar-refractivity contribution in [3.8, 4) is 0 Å². The molecule has 1 aromatic heterocycles. The molecule has 0 bridgehead atoms. The summed E-state index contributed by atoms with van der Waals surface area (Å²) < 4.78 is 1.80. The van der Waals surface area contributed by atoms with Crippen LogP contribution in [0.5, 0.6) is 0 Å². The van der Waals surface area contributed by atoms with Gasteiger partial charge in [0.2, 0.25) is 0 Å². The van der Waals surface area contributed by atoms with E-state index in [1.54, 1.807) is 4.68 Å². The Balaban J connectivity index is 1.78. The van der Waals surface area contributed by atoms with Gasteiger partial charge < -0.3 is 4.90 Å². The fourth-order valence-electron chi connectivity index (χ4n) is 4.09. The second-order valence-corrected chi connectivity index (χ2v) is 7.03. The van der Waals surface area contributed by atoms with Crippen LogP contribution in [0.15, 0.2) is 30.3 Å². The molecule has 1 aromatic carbocycles. The molecule has 1 saturated carbocycles. The zero-order valence-corrected chi connectivity index (χ0v) is 15.1. The molecule has 0 unspecified atom stereocenters. The molecule has 128 valence electrons. The lowest BCUT2D eigenvalue weighted by Gasteiger charge is -2.30. The molecule has 1 aliphatic carbocycles. The Morgan fingerprint density at radius 2 is 1.96 bits per heavy atom. The fourth-order valence-corrected chi connectivity index (χ4v) is 4.09. The van der Waals surface area contributed by atoms with Crippen LogP contribution >= 0.6 is 0 Å². The summed E-state index contributed by atoms with van der Waals surface area (Å²) in [6.07, 6.45) is 4.54. The molecule has 0 aliphatic heterocycles. The summed E-state index contributed by atoms with van der Waals surface area (Å²) in [6.45, 7) is 3.89. The van der Waals surface area contributed by atoms with Crippen molar-refractivity contribution in [2.75, 3.05) is 7.05 Å². The minimum atomic E-state index is 0.114. The standard InChI is InChI=1S/C20H27N3O/c1-14-19(15(2)23(4)21-14)20(24)22(3)18-12-8-11-17(18)13-16-9-6-5-7-10-16/h5-7,9-10,17-18H,8,11-13H2,1-4H3/t17-,18-/m0/s1. The van der Waals surface area contributed by atoms with Gasteiger partial charge in [-0.15, -0.1) is 0 Å². The summed E-state index contributed by atoms with van der Waals surface area (Å²) in [5, 5.41) is 4.40. The molecule has 1 amide bonds. The van der Waals surface area contributed by atoms with Crippen LogP contribution in [0.3, 0.4) is 0 Å².